The highest BCUT2D eigenvalue weighted by molar-refractivity contribution is 9.10. The van der Waals surface area contributed by atoms with Crippen LogP contribution in [0.15, 0.2) is 16.6 Å². The fourth-order valence-corrected chi connectivity index (χ4v) is 2.77. The highest BCUT2D eigenvalue weighted by Gasteiger charge is 2.20. The molecule has 6 heteroatoms. The Morgan fingerprint density at radius 3 is 2.90 bits per heavy atom. The van der Waals surface area contributed by atoms with Crippen LogP contribution in [0, 0.1) is 0 Å². The second-order valence-electron chi connectivity index (χ2n) is 5.03. The van der Waals surface area contributed by atoms with Gasteiger partial charge in [0.1, 0.15) is 13.2 Å². The van der Waals surface area contributed by atoms with Crippen molar-refractivity contribution in [3.63, 3.8) is 0 Å². The predicted molar refractivity (Wildman–Crippen MR) is 85.0 cm³/mol. The van der Waals surface area contributed by atoms with Crippen molar-refractivity contribution >= 4 is 21.8 Å². The van der Waals surface area contributed by atoms with Gasteiger partial charge >= 0.3 is 0 Å². The van der Waals surface area contributed by atoms with Gasteiger partial charge in [0.05, 0.1) is 4.47 Å². The number of unbranched alkanes of at least 4 members (excludes halogenated alkanes) is 1. The Morgan fingerprint density at radius 2 is 2.19 bits per heavy atom. The molecule has 1 atom stereocenters. The van der Waals surface area contributed by atoms with Gasteiger partial charge in [-0.1, -0.05) is 19.8 Å². The molecule has 0 saturated carbocycles. The number of hydrogen-bond donors (Lipinski definition) is 2. The molecule has 21 heavy (non-hydrogen) atoms. The Bertz CT molecular complexity index is 508. The zero-order valence-corrected chi connectivity index (χ0v) is 13.7. The topological polar surface area (TPSA) is 73.6 Å². The van der Waals surface area contributed by atoms with Crippen LogP contribution < -0.4 is 20.5 Å². The Labute approximate surface area is 133 Å². The standard InChI is InChI=1S/C15H21BrN2O3/c1-2-3-4-11(9-17)18-15(19)10-7-12(16)14-13(8-10)20-5-6-21-14/h7-8,11H,2-6,9,17H2,1H3,(H,18,19). The Kier molecular flexibility index (Phi) is 5.87. The summed E-state index contributed by atoms with van der Waals surface area (Å²) in [4.78, 5) is 12.3. The zero-order valence-electron chi connectivity index (χ0n) is 12.2. The molecule has 0 fully saturated rings. The molecule has 5 nitrogen and oxygen atoms in total. The average Bonchev–Trinajstić information content (AvgIpc) is 2.51. The number of carbonyl (C=O) groups is 1. The van der Waals surface area contributed by atoms with E-state index in [0.717, 1.165) is 23.7 Å². The molecule has 0 aliphatic carbocycles. The van der Waals surface area contributed by atoms with Crippen molar-refractivity contribution in [1.82, 2.24) is 5.32 Å². The number of ether oxygens (including phenoxy) is 2. The van der Waals surface area contributed by atoms with Crippen molar-refractivity contribution in [2.24, 2.45) is 5.73 Å². The Balaban J connectivity index is 2.10. The fraction of sp³-hybridized carbons (Fsp3) is 0.533. The zero-order chi connectivity index (χ0) is 15.2. The van der Waals surface area contributed by atoms with Gasteiger partial charge in [0.15, 0.2) is 11.5 Å². The summed E-state index contributed by atoms with van der Waals surface area (Å²) in [6.07, 6.45) is 3.03. The number of benzene rings is 1. The van der Waals surface area contributed by atoms with Gasteiger partial charge in [0, 0.05) is 18.2 Å². The number of nitrogens with two attached hydrogens (primary N) is 1. The van der Waals surface area contributed by atoms with Crippen LogP contribution >= 0.6 is 15.9 Å². The van der Waals surface area contributed by atoms with Gasteiger partial charge in [-0.3, -0.25) is 4.79 Å². The number of nitrogens with one attached hydrogen (secondary N) is 1. The summed E-state index contributed by atoms with van der Waals surface area (Å²) in [6, 6.07) is 3.46. The minimum Gasteiger partial charge on any atom is -0.486 e. The quantitative estimate of drug-likeness (QED) is 0.820. The molecule has 0 aromatic heterocycles. The lowest BCUT2D eigenvalue weighted by Gasteiger charge is -2.21. The van der Waals surface area contributed by atoms with Gasteiger partial charge in [0.25, 0.3) is 5.91 Å². The van der Waals surface area contributed by atoms with Gasteiger partial charge in [-0.25, -0.2) is 0 Å². The van der Waals surface area contributed by atoms with E-state index in [4.69, 9.17) is 15.2 Å². The van der Waals surface area contributed by atoms with Crippen molar-refractivity contribution in [1.29, 1.82) is 0 Å². The van der Waals surface area contributed by atoms with Gasteiger partial charge in [0.2, 0.25) is 0 Å². The minimum atomic E-state index is -0.140. The number of fused-ring (bicyclic) bond motifs is 1. The first-order chi connectivity index (χ1) is 10.2. The molecule has 2 rings (SSSR count). The van der Waals surface area contributed by atoms with E-state index in [9.17, 15) is 4.79 Å². The van der Waals surface area contributed by atoms with Crippen LogP contribution in [0.5, 0.6) is 11.5 Å². The maximum atomic E-state index is 12.3. The van der Waals surface area contributed by atoms with E-state index in [-0.39, 0.29) is 11.9 Å². The first-order valence-corrected chi connectivity index (χ1v) is 8.05. The van der Waals surface area contributed by atoms with Gasteiger partial charge in [-0.2, -0.15) is 0 Å². The molecule has 0 spiro atoms. The summed E-state index contributed by atoms with van der Waals surface area (Å²) in [5.74, 6) is 1.11. The fourth-order valence-electron chi connectivity index (χ4n) is 2.21. The summed E-state index contributed by atoms with van der Waals surface area (Å²) in [7, 11) is 0. The van der Waals surface area contributed by atoms with Crippen molar-refractivity contribution in [3.8, 4) is 11.5 Å². The van der Waals surface area contributed by atoms with Crippen molar-refractivity contribution in [2.75, 3.05) is 19.8 Å². The summed E-state index contributed by atoms with van der Waals surface area (Å²) in [5.41, 5.74) is 6.25. The Hall–Kier alpha value is -1.27. The summed E-state index contributed by atoms with van der Waals surface area (Å²) in [5, 5.41) is 2.97. The smallest absolute Gasteiger partial charge is 0.251 e. The SMILES string of the molecule is CCCCC(CN)NC(=O)c1cc(Br)c2c(c1)OCCO2. The maximum absolute atomic E-state index is 12.3. The largest absolute Gasteiger partial charge is 0.486 e. The van der Waals surface area contributed by atoms with Crippen LogP contribution in [0.2, 0.25) is 0 Å². The third kappa shape index (κ3) is 4.11. The second-order valence-corrected chi connectivity index (χ2v) is 5.88. The predicted octanol–water partition coefficient (Wildman–Crippen LogP) is 2.47. The highest BCUT2D eigenvalue weighted by Crippen LogP contribution is 2.38. The van der Waals surface area contributed by atoms with E-state index in [1.54, 1.807) is 12.1 Å². The van der Waals surface area contributed by atoms with Gasteiger partial charge in [-0.05, 0) is 34.5 Å². The van der Waals surface area contributed by atoms with Crippen LogP contribution in [0.3, 0.4) is 0 Å². The van der Waals surface area contributed by atoms with Crippen LogP contribution in [0.4, 0.5) is 0 Å². The number of amides is 1. The van der Waals surface area contributed by atoms with E-state index in [2.05, 4.69) is 28.2 Å². The molecule has 116 valence electrons. The first-order valence-electron chi connectivity index (χ1n) is 7.25. The lowest BCUT2D eigenvalue weighted by molar-refractivity contribution is 0.0934. The lowest BCUT2D eigenvalue weighted by Crippen LogP contribution is -2.40. The van der Waals surface area contributed by atoms with Crippen LogP contribution in [0.1, 0.15) is 36.5 Å². The third-order valence-electron chi connectivity index (χ3n) is 3.38. The van der Waals surface area contributed by atoms with E-state index >= 15 is 0 Å². The summed E-state index contributed by atoms with van der Waals surface area (Å²) in [6.45, 7) is 3.57. The molecular weight excluding hydrogens is 336 g/mol. The highest BCUT2D eigenvalue weighted by atomic mass is 79.9. The van der Waals surface area contributed by atoms with Gasteiger partial charge < -0.3 is 20.5 Å². The van der Waals surface area contributed by atoms with Crippen LogP contribution in [-0.2, 0) is 0 Å². The molecule has 1 unspecified atom stereocenters. The molecule has 3 N–H and O–H groups in total. The maximum Gasteiger partial charge on any atom is 0.251 e. The third-order valence-corrected chi connectivity index (χ3v) is 3.97. The number of hydrogen-bond acceptors (Lipinski definition) is 4. The van der Waals surface area contributed by atoms with E-state index < -0.39 is 0 Å². The van der Waals surface area contributed by atoms with Crippen LogP contribution in [-0.4, -0.2) is 31.7 Å². The first kappa shape index (κ1) is 16.1. The normalized spacial score (nSPS) is 14.6. The van der Waals surface area contributed by atoms with Crippen molar-refractivity contribution in [3.05, 3.63) is 22.2 Å². The molecule has 0 radical (unpaired) electrons. The monoisotopic (exact) mass is 356 g/mol. The number of halogens is 1. The molecule has 0 saturated heterocycles. The summed E-state index contributed by atoms with van der Waals surface area (Å²) >= 11 is 3.42. The van der Waals surface area contributed by atoms with E-state index in [1.807, 2.05) is 0 Å². The van der Waals surface area contributed by atoms with E-state index in [1.165, 1.54) is 0 Å². The summed E-state index contributed by atoms with van der Waals surface area (Å²) < 4.78 is 11.8. The van der Waals surface area contributed by atoms with E-state index in [0.29, 0.717) is 36.8 Å². The molecule has 1 aromatic rings. The molecule has 1 aromatic carbocycles. The second kappa shape index (κ2) is 7.66. The average molecular weight is 357 g/mol. The van der Waals surface area contributed by atoms with Crippen molar-refractivity contribution in [2.45, 2.75) is 32.2 Å². The van der Waals surface area contributed by atoms with Crippen LogP contribution in [0.25, 0.3) is 0 Å². The number of rotatable bonds is 6. The molecule has 1 aliphatic heterocycles. The van der Waals surface area contributed by atoms with Gasteiger partial charge in [-0.15, -0.1) is 0 Å². The molecule has 1 heterocycles. The molecule has 1 amide bonds. The molecule has 1 aliphatic rings. The Morgan fingerprint density at radius 1 is 1.43 bits per heavy atom. The number of carbonyl (C=O) groups excluding carboxylic acids is 1. The molecular formula is C15H21BrN2O3. The molecule has 0 bridgehead atoms. The minimum absolute atomic E-state index is 0.00410. The lowest BCUT2D eigenvalue weighted by atomic mass is 10.1. The van der Waals surface area contributed by atoms with Crippen molar-refractivity contribution < 1.29 is 14.3 Å².